The number of amides is 1. The van der Waals surface area contributed by atoms with Gasteiger partial charge in [-0.05, 0) is 6.92 Å². The van der Waals surface area contributed by atoms with Crippen LogP contribution >= 0.6 is 0 Å². The van der Waals surface area contributed by atoms with Gasteiger partial charge in [0, 0.05) is 7.05 Å². The zero-order valence-corrected chi connectivity index (χ0v) is 9.93. The van der Waals surface area contributed by atoms with Crippen LogP contribution in [0.25, 0.3) is 0 Å². The van der Waals surface area contributed by atoms with Gasteiger partial charge in [-0.1, -0.05) is 0 Å². The molecule has 0 saturated carbocycles. The number of carbonyl (C=O) groups excluding carboxylic acids is 1. The molecule has 0 saturated heterocycles. The first-order chi connectivity index (χ1) is 8.01. The molecule has 0 aliphatic rings. The Labute approximate surface area is 98.4 Å². The van der Waals surface area contributed by atoms with E-state index in [0.717, 1.165) is 0 Å². The molecule has 1 aromatic heterocycles. The van der Waals surface area contributed by atoms with E-state index in [1.54, 1.807) is 14.0 Å². The van der Waals surface area contributed by atoms with Crippen LogP contribution in [0.2, 0.25) is 0 Å². The van der Waals surface area contributed by atoms with Crippen molar-refractivity contribution in [3.63, 3.8) is 0 Å². The lowest BCUT2D eigenvalue weighted by atomic mass is 10.0. The molecule has 7 heteroatoms. The number of aryl methyl sites for hydroxylation is 2. The summed E-state index contributed by atoms with van der Waals surface area (Å²) in [6.07, 6.45) is 0.251. The van der Waals surface area contributed by atoms with Crippen LogP contribution in [0.5, 0.6) is 5.88 Å². The minimum absolute atomic E-state index is 0.221. The minimum atomic E-state index is -1.00. The maximum Gasteiger partial charge on any atom is 0.305 e. The molecule has 0 bridgehead atoms. The summed E-state index contributed by atoms with van der Waals surface area (Å²) in [6.45, 7) is 1.74. The molecule has 0 aliphatic carbocycles. The van der Waals surface area contributed by atoms with E-state index >= 15 is 0 Å². The molecule has 1 amide bonds. The van der Waals surface area contributed by atoms with E-state index in [1.165, 1.54) is 11.8 Å². The fraction of sp³-hybridized carbons (Fsp3) is 0.500. The molecule has 1 atom stereocenters. The number of nitrogens with zero attached hydrogens (tertiary/aromatic N) is 2. The van der Waals surface area contributed by atoms with Gasteiger partial charge in [-0.15, -0.1) is 0 Å². The predicted molar refractivity (Wildman–Crippen MR) is 58.7 cm³/mol. The van der Waals surface area contributed by atoms with Crippen LogP contribution in [-0.2, 0) is 16.6 Å². The maximum absolute atomic E-state index is 10.8. The number of aromatic nitrogens is 2. The Balaban J connectivity index is 3.16. The van der Waals surface area contributed by atoms with Crippen LogP contribution < -0.4 is 10.1 Å². The Kier molecular flexibility index (Phi) is 4.08. The van der Waals surface area contributed by atoms with Crippen LogP contribution in [0, 0.1) is 6.92 Å². The molecule has 1 aromatic rings. The Morgan fingerprint density at radius 3 is 2.82 bits per heavy atom. The van der Waals surface area contributed by atoms with Gasteiger partial charge in [-0.3, -0.25) is 9.59 Å². The second kappa shape index (κ2) is 5.33. The van der Waals surface area contributed by atoms with E-state index in [1.807, 2.05) is 0 Å². The van der Waals surface area contributed by atoms with Crippen molar-refractivity contribution in [3.8, 4) is 5.88 Å². The summed E-state index contributed by atoms with van der Waals surface area (Å²) in [6, 6.07) is -0.645. The largest absolute Gasteiger partial charge is 0.481 e. The van der Waals surface area contributed by atoms with E-state index in [-0.39, 0.29) is 6.42 Å². The molecule has 0 fully saturated rings. The third kappa shape index (κ3) is 2.74. The number of methoxy groups -OCH3 is 1. The second-order valence-corrected chi connectivity index (χ2v) is 3.57. The van der Waals surface area contributed by atoms with Crippen molar-refractivity contribution < 1.29 is 19.4 Å². The third-order valence-electron chi connectivity index (χ3n) is 2.40. The Hall–Kier alpha value is -2.05. The predicted octanol–water partition coefficient (Wildman–Crippen LogP) is -0.00108. The summed E-state index contributed by atoms with van der Waals surface area (Å²) >= 11 is 0. The number of hydrogen-bond donors (Lipinski definition) is 2. The highest BCUT2D eigenvalue weighted by atomic mass is 16.5. The summed E-state index contributed by atoms with van der Waals surface area (Å²) in [5, 5.41) is 15.4. The lowest BCUT2D eigenvalue weighted by Crippen LogP contribution is -2.23. The molecular formula is C10H15N3O4. The number of carboxylic acid groups (broad SMARTS) is 1. The van der Waals surface area contributed by atoms with Gasteiger partial charge in [0.25, 0.3) is 0 Å². The molecule has 0 aromatic carbocycles. The first kappa shape index (κ1) is 13.0. The molecule has 0 aliphatic heterocycles. The van der Waals surface area contributed by atoms with Gasteiger partial charge in [0.05, 0.1) is 30.8 Å². The Morgan fingerprint density at radius 2 is 2.35 bits per heavy atom. The lowest BCUT2D eigenvalue weighted by molar-refractivity contribution is -0.137. The van der Waals surface area contributed by atoms with Crippen molar-refractivity contribution in [1.82, 2.24) is 15.1 Å². The fourth-order valence-corrected chi connectivity index (χ4v) is 1.80. The highest BCUT2D eigenvalue weighted by Crippen LogP contribution is 2.29. The summed E-state index contributed by atoms with van der Waals surface area (Å²) in [5.41, 5.74) is 1.22. The summed E-state index contributed by atoms with van der Waals surface area (Å²) < 4.78 is 6.66. The zero-order valence-electron chi connectivity index (χ0n) is 9.93. The summed E-state index contributed by atoms with van der Waals surface area (Å²) in [5.74, 6) is -0.558. The molecule has 2 N–H and O–H groups in total. The Bertz CT molecular complexity index is 427. The smallest absolute Gasteiger partial charge is 0.305 e. The first-order valence-corrected chi connectivity index (χ1v) is 5.00. The van der Waals surface area contributed by atoms with Crippen LogP contribution in [0.1, 0.15) is 23.7 Å². The number of ether oxygens (including phenoxy) is 1. The molecule has 1 unspecified atom stereocenters. The molecule has 7 nitrogen and oxygen atoms in total. The van der Waals surface area contributed by atoms with Crippen molar-refractivity contribution in [2.24, 2.45) is 7.05 Å². The molecule has 17 heavy (non-hydrogen) atoms. The molecule has 0 spiro atoms. The lowest BCUT2D eigenvalue weighted by Gasteiger charge is -2.15. The number of carbonyl (C=O) groups is 2. The summed E-state index contributed by atoms with van der Waals surface area (Å²) in [4.78, 5) is 21.3. The second-order valence-electron chi connectivity index (χ2n) is 3.57. The molecule has 1 rings (SSSR count). The summed E-state index contributed by atoms with van der Waals surface area (Å²) in [7, 11) is 3.16. The monoisotopic (exact) mass is 241 g/mol. The van der Waals surface area contributed by atoms with E-state index in [4.69, 9.17) is 9.84 Å². The van der Waals surface area contributed by atoms with Gasteiger partial charge in [-0.25, -0.2) is 4.68 Å². The highest BCUT2D eigenvalue weighted by molar-refractivity contribution is 5.69. The first-order valence-electron chi connectivity index (χ1n) is 5.00. The standard InChI is InChI=1S/C10H15N3O4/c1-6-9(10(17-3)13(2)12-6)7(11-5-14)4-8(15)16/h5,7H,4H2,1-3H3,(H,11,14)(H,15,16). The number of rotatable bonds is 6. The number of nitrogens with one attached hydrogen (secondary N) is 1. The van der Waals surface area contributed by atoms with E-state index in [0.29, 0.717) is 23.5 Å². The van der Waals surface area contributed by atoms with Gasteiger partial charge in [0.15, 0.2) is 0 Å². The Morgan fingerprint density at radius 1 is 1.71 bits per heavy atom. The maximum atomic E-state index is 10.8. The molecule has 0 radical (unpaired) electrons. The van der Waals surface area contributed by atoms with Crippen molar-refractivity contribution in [2.75, 3.05) is 7.11 Å². The van der Waals surface area contributed by atoms with Crippen molar-refractivity contribution in [2.45, 2.75) is 19.4 Å². The van der Waals surface area contributed by atoms with Crippen molar-refractivity contribution in [3.05, 3.63) is 11.3 Å². The van der Waals surface area contributed by atoms with E-state index in [2.05, 4.69) is 10.4 Å². The van der Waals surface area contributed by atoms with Gasteiger partial charge in [0.2, 0.25) is 12.3 Å². The quantitative estimate of drug-likeness (QED) is 0.684. The molecule has 94 valence electrons. The fourth-order valence-electron chi connectivity index (χ4n) is 1.80. The van der Waals surface area contributed by atoms with Crippen LogP contribution in [0.15, 0.2) is 0 Å². The van der Waals surface area contributed by atoms with E-state index < -0.39 is 12.0 Å². The van der Waals surface area contributed by atoms with E-state index in [9.17, 15) is 9.59 Å². The topological polar surface area (TPSA) is 93.4 Å². The minimum Gasteiger partial charge on any atom is -0.481 e. The SMILES string of the molecule is COc1c(C(CC(=O)O)NC=O)c(C)nn1C. The van der Waals surface area contributed by atoms with Crippen molar-refractivity contribution >= 4 is 12.4 Å². The highest BCUT2D eigenvalue weighted by Gasteiger charge is 2.24. The van der Waals surface area contributed by atoms with Crippen LogP contribution in [-0.4, -0.2) is 34.4 Å². The van der Waals surface area contributed by atoms with Crippen molar-refractivity contribution in [1.29, 1.82) is 0 Å². The third-order valence-corrected chi connectivity index (χ3v) is 2.40. The number of hydrogen-bond acceptors (Lipinski definition) is 4. The average molecular weight is 241 g/mol. The molecule has 1 heterocycles. The van der Waals surface area contributed by atoms with Gasteiger partial charge >= 0.3 is 5.97 Å². The average Bonchev–Trinajstić information content (AvgIpc) is 2.51. The number of carboxylic acids is 1. The normalized spacial score (nSPS) is 11.9. The van der Waals surface area contributed by atoms with Crippen LogP contribution in [0.3, 0.4) is 0 Å². The van der Waals surface area contributed by atoms with Crippen LogP contribution in [0.4, 0.5) is 0 Å². The zero-order chi connectivity index (χ0) is 13.0. The van der Waals surface area contributed by atoms with Gasteiger partial charge in [-0.2, -0.15) is 5.10 Å². The number of aliphatic carboxylic acids is 1. The van der Waals surface area contributed by atoms with Gasteiger partial charge < -0.3 is 15.2 Å². The van der Waals surface area contributed by atoms with Gasteiger partial charge in [0.1, 0.15) is 0 Å². The molecular weight excluding hydrogens is 226 g/mol.